The van der Waals surface area contributed by atoms with E-state index >= 15 is 0 Å². The second-order valence-corrected chi connectivity index (χ2v) is 11.1. The lowest BCUT2D eigenvalue weighted by Crippen LogP contribution is -2.43. The van der Waals surface area contributed by atoms with Gasteiger partial charge in [-0.25, -0.2) is 0 Å². The zero-order valence-corrected chi connectivity index (χ0v) is 19.1. The molecule has 1 aliphatic heterocycles. The Morgan fingerprint density at radius 2 is 1.66 bits per heavy atom. The highest BCUT2D eigenvalue weighted by Gasteiger charge is 2.75. The molecular weight excluding hydrogens is 498 g/mol. The summed E-state index contributed by atoms with van der Waals surface area (Å²) in [6, 6.07) is 18.9. The quantitative estimate of drug-likeness (QED) is 0.416. The average molecular weight is 519 g/mol. The lowest BCUT2D eigenvalue weighted by molar-refractivity contribution is -0.154. The first-order valence-electron chi connectivity index (χ1n) is 9.58. The largest absolute Gasteiger partial charge is 0.465 e. The molecule has 4 rings (SSSR count). The zero-order valence-electron chi connectivity index (χ0n) is 15.9. The fraction of sp³-hybridized carbons (Fsp3) is 0.304. The molecular formula is C23H21Br2NO3. The van der Waals surface area contributed by atoms with Crippen LogP contribution < -0.4 is 0 Å². The van der Waals surface area contributed by atoms with Gasteiger partial charge in [0.05, 0.1) is 18.1 Å². The van der Waals surface area contributed by atoms with Gasteiger partial charge in [-0.05, 0) is 31.0 Å². The Hall–Kier alpha value is -1.92. The average Bonchev–Trinajstić information content (AvgIpc) is 3.32. The standard InChI is InChI=1S/C23H21Br2NO3/c1-2-29-21(28)22(15-16-9-5-3-6-10-16)13-14-26(19-18(22)23(19,24)25)20(27)17-11-7-4-8-12-17/h3-14,18-19H,2,15H2,1H3/t18-,19-,22+/m1/s1. The first-order chi connectivity index (χ1) is 13.9. The monoisotopic (exact) mass is 517 g/mol. The summed E-state index contributed by atoms with van der Waals surface area (Å²) in [5.74, 6) is -0.510. The van der Waals surface area contributed by atoms with Crippen LogP contribution in [0.1, 0.15) is 22.8 Å². The predicted molar refractivity (Wildman–Crippen MR) is 119 cm³/mol. The highest BCUT2D eigenvalue weighted by molar-refractivity contribution is 9.25. The maximum Gasteiger partial charge on any atom is 0.316 e. The SMILES string of the molecule is CCOC(=O)[C@]1(Cc2ccccc2)C=CN(C(=O)c2ccccc2)[C@@H]2[C@H]1C2(Br)Br. The van der Waals surface area contributed by atoms with E-state index in [0.717, 1.165) is 5.56 Å². The number of amides is 1. The van der Waals surface area contributed by atoms with Crippen LogP contribution in [-0.2, 0) is 16.0 Å². The Labute approximate surface area is 187 Å². The van der Waals surface area contributed by atoms with Crippen molar-refractivity contribution in [1.29, 1.82) is 0 Å². The van der Waals surface area contributed by atoms with Gasteiger partial charge < -0.3 is 9.64 Å². The van der Waals surface area contributed by atoms with Crippen molar-refractivity contribution < 1.29 is 14.3 Å². The third kappa shape index (κ3) is 3.46. The van der Waals surface area contributed by atoms with Crippen molar-refractivity contribution in [2.45, 2.75) is 22.6 Å². The predicted octanol–water partition coefficient (Wildman–Crippen LogP) is 4.93. The molecule has 1 aliphatic carbocycles. The fourth-order valence-corrected chi connectivity index (χ4v) is 6.27. The number of hydrogen-bond acceptors (Lipinski definition) is 3. The molecule has 0 saturated heterocycles. The molecule has 150 valence electrons. The van der Waals surface area contributed by atoms with E-state index in [2.05, 4.69) is 31.9 Å². The third-order valence-electron chi connectivity index (χ3n) is 5.65. The van der Waals surface area contributed by atoms with Crippen LogP contribution in [0.15, 0.2) is 72.9 Å². The first-order valence-corrected chi connectivity index (χ1v) is 11.2. The van der Waals surface area contributed by atoms with Gasteiger partial charge in [0, 0.05) is 17.7 Å². The van der Waals surface area contributed by atoms with Gasteiger partial charge in [-0.15, -0.1) is 0 Å². The van der Waals surface area contributed by atoms with E-state index < -0.39 is 8.65 Å². The fourth-order valence-electron chi connectivity index (χ4n) is 4.25. The lowest BCUT2D eigenvalue weighted by atomic mass is 9.75. The number of alkyl halides is 2. The molecule has 0 spiro atoms. The molecule has 1 heterocycles. The number of fused-ring (bicyclic) bond motifs is 1. The molecule has 3 atom stereocenters. The number of benzene rings is 2. The first kappa shape index (κ1) is 20.4. The second kappa shape index (κ2) is 7.73. The minimum atomic E-state index is -0.859. The van der Waals surface area contributed by atoms with Gasteiger partial charge in [-0.2, -0.15) is 0 Å². The molecule has 2 aromatic rings. The summed E-state index contributed by atoms with van der Waals surface area (Å²) in [4.78, 5) is 28.0. The van der Waals surface area contributed by atoms with E-state index in [-0.39, 0.29) is 23.8 Å². The molecule has 0 N–H and O–H groups in total. The topological polar surface area (TPSA) is 46.6 Å². The van der Waals surface area contributed by atoms with E-state index in [1.807, 2.05) is 61.5 Å². The van der Waals surface area contributed by atoms with Gasteiger partial charge in [0.15, 0.2) is 0 Å². The summed E-state index contributed by atoms with van der Waals surface area (Å²) in [5, 5.41) is 0. The van der Waals surface area contributed by atoms with Crippen molar-refractivity contribution in [2.75, 3.05) is 6.61 Å². The molecule has 0 bridgehead atoms. The van der Waals surface area contributed by atoms with Crippen molar-refractivity contribution in [2.24, 2.45) is 11.3 Å². The minimum absolute atomic E-state index is 0.0882. The van der Waals surface area contributed by atoms with Crippen molar-refractivity contribution in [1.82, 2.24) is 4.90 Å². The van der Waals surface area contributed by atoms with Crippen LogP contribution in [0.2, 0.25) is 0 Å². The molecule has 0 radical (unpaired) electrons. The Kier molecular flexibility index (Phi) is 5.42. The maximum absolute atomic E-state index is 13.2. The highest BCUT2D eigenvalue weighted by atomic mass is 79.9. The number of ether oxygens (including phenoxy) is 1. The summed E-state index contributed by atoms with van der Waals surface area (Å²) in [6.45, 7) is 2.12. The minimum Gasteiger partial charge on any atom is -0.465 e. The zero-order chi connectivity index (χ0) is 20.6. The van der Waals surface area contributed by atoms with E-state index in [1.54, 1.807) is 23.2 Å². The van der Waals surface area contributed by atoms with Gasteiger partial charge in [-0.1, -0.05) is 86.5 Å². The molecule has 0 unspecified atom stereocenters. The normalized spacial score (nSPS) is 26.5. The number of hydrogen-bond donors (Lipinski definition) is 0. The molecule has 1 fully saturated rings. The smallest absolute Gasteiger partial charge is 0.316 e. The van der Waals surface area contributed by atoms with Crippen molar-refractivity contribution in [3.63, 3.8) is 0 Å². The summed E-state index contributed by atoms with van der Waals surface area (Å²) in [5.41, 5.74) is 0.808. The van der Waals surface area contributed by atoms with Crippen molar-refractivity contribution in [3.05, 3.63) is 84.1 Å². The van der Waals surface area contributed by atoms with Gasteiger partial charge in [0.25, 0.3) is 5.91 Å². The van der Waals surface area contributed by atoms with E-state index in [4.69, 9.17) is 4.74 Å². The van der Waals surface area contributed by atoms with Crippen LogP contribution in [0, 0.1) is 11.3 Å². The van der Waals surface area contributed by atoms with E-state index in [9.17, 15) is 9.59 Å². The van der Waals surface area contributed by atoms with Crippen LogP contribution >= 0.6 is 31.9 Å². The second-order valence-electron chi connectivity index (χ2n) is 7.41. The molecule has 29 heavy (non-hydrogen) atoms. The lowest BCUT2D eigenvalue weighted by Gasteiger charge is -2.34. The van der Waals surface area contributed by atoms with Crippen LogP contribution in [-0.4, -0.2) is 32.7 Å². The Morgan fingerprint density at radius 3 is 2.28 bits per heavy atom. The third-order valence-corrected chi connectivity index (χ3v) is 7.58. The molecule has 2 aliphatic rings. The Balaban J connectivity index is 1.74. The summed E-state index contributed by atoms with van der Waals surface area (Å²) < 4.78 is 4.93. The number of halogens is 2. The Morgan fingerprint density at radius 1 is 1.03 bits per heavy atom. The van der Waals surface area contributed by atoms with Crippen LogP contribution in [0.3, 0.4) is 0 Å². The number of esters is 1. The number of nitrogens with zero attached hydrogens (tertiary/aromatic N) is 1. The summed E-state index contributed by atoms with van der Waals surface area (Å²) >= 11 is 7.49. The molecule has 6 heteroatoms. The Bertz CT molecular complexity index is 945. The van der Waals surface area contributed by atoms with Crippen molar-refractivity contribution >= 4 is 43.7 Å². The summed E-state index contributed by atoms with van der Waals surface area (Å²) in [7, 11) is 0. The van der Waals surface area contributed by atoms with Gasteiger partial charge >= 0.3 is 5.97 Å². The molecule has 0 aromatic heterocycles. The molecule has 1 saturated carbocycles. The van der Waals surface area contributed by atoms with E-state index in [0.29, 0.717) is 18.6 Å². The summed E-state index contributed by atoms with van der Waals surface area (Å²) in [6.07, 6.45) is 4.11. The number of carbonyl (C=O) groups excluding carboxylic acids is 2. The van der Waals surface area contributed by atoms with Crippen LogP contribution in [0.4, 0.5) is 0 Å². The number of carbonyl (C=O) groups is 2. The van der Waals surface area contributed by atoms with E-state index in [1.165, 1.54) is 0 Å². The van der Waals surface area contributed by atoms with Crippen LogP contribution in [0.25, 0.3) is 0 Å². The van der Waals surface area contributed by atoms with Crippen molar-refractivity contribution in [3.8, 4) is 0 Å². The molecule has 1 amide bonds. The van der Waals surface area contributed by atoms with Gasteiger partial charge in [-0.3, -0.25) is 9.59 Å². The van der Waals surface area contributed by atoms with Crippen LogP contribution in [0.5, 0.6) is 0 Å². The molecule has 4 nitrogen and oxygen atoms in total. The maximum atomic E-state index is 13.2. The van der Waals surface area contributed by atoms with Gasteiger partial charge in [0.1, 0.15) is 3.23 Å². The highest BCUT2D eigenvalue weighted by Crippen LogP contribution is 2.69. The number of rotatable bonds is 5. The van der Waals surface area contributed by atoms with Gasteiger partial charge in [0.2, 0.25) is 0 Å². The molecule has 2 aromatic carbocycles.